The lowest BCUT2D eigenvalue weighted by molar-refractivity contribution is 0.0418. The molecule has 0 aromatic carbocycles. The minimum absolute atomic E-state index is 0.249. The minimum Gasteiger partial charge on any atom is -0.392 e. The molecule has 0 radical (unpaired) electrons. The Morgan fingerprint density at radius 3 is 2.93 bits per heavy atom. The summed E-state index contributed by atoms with van der Waals surface area (Å²) in [6.07, 6.45) is 1.57. The SMILES string of the molecule is Nc1ncnc2c1ncn2[C@H](O)CO. The highest BCUT2D eigenvalue weighted by Crippen LogP contribution is 2.16. The molecule has 2 heterocycles. The van der Waals surface area contributed by atoms with Crippen molar-refractivity contribution in [2.45, 2.75) is 6.23 Å². The van der Waals surface area contributed by atoms with Crippen LogP contribution in [-0.2, 0) is 0 Å². The zero-order valence-corrected chi connectivity index (χ0v) is 7.20. The van der Waals surface area contributed by atoms with E-state index >= 15 is 0 Å². The maximum Gasteiger partial charge on any atom is 0.167 e. The first-order valence-corrected chi connectivity index (χ1v) is 3.96. The van der Waals surface area contributed by atoms with Crippen LogP contribution in [0.5, 0.6) is 0 Å². The third-order valence-corrected chi connectivity index (χ3v) is 1.87. The summed E-state index contributed by atoms with van der Waals surface area (Å²) in [5.41, 5.74) is 6.36. The van der Waals surface area contributed by atoms with Crippen LogP contribution in [0.15, 0.2) is 12.7 Å². The summed E-state index contributed by atoms with van der Waals surface area (Å²) in [7, 11) is 0. The normalized spacial score (nSPS) is 13.3. The second kappa shape index (κ2) is 3.20. The van der Waals surface area contributed by atoms with Gasteiger partial charge in [-0.1, -0.05) is 0 Å². The van der Waals surface area contributed by atoms with Crippen LogP contribution < -0.4 is 5.73 Å². The van der Waals surface area contributed by atoms with E-state index in [9.17, 15) is 5.11 Å². The van der Waals surface area contributed by atoms with Crippen LogP contribution in [0.25, 0.3) is 11.2 Å². The fourth-order valence-electron chi connectivity index (χ4n) is 1.18. The number of aliphatic hydroxyl groups excluding tert-OH is 2. The Morgan fingerprint density at radius 1 is 1.43 bits per heavy atom. The average Bonchev–Trinajstić information content (AvgIpc) is 2.62. The van der Waals surface area contributed by atoms with Crippen LogP contribution in [0.4, 0.5) is 5.82 Å². The van der Waals surface area contributed by atoms with E-state index in [1.807, 2.05) is 0 Å². The lowest BCUT2D eigenvalue weighted by Crippen LogP contribution is -2.11. The zero-order chi connectivity index (χ0) is 10.1. The van der Waals surface area contributed by atoms with Gasteiger partial charge in [0, 0.05) is 0 Å². The van der Waals surface area contributed by atoms with Gasteiger partial charge in [-0.05, 0) is 0 Å². The summed E-state index contributed by atoms with van der Waals surface area (Å²) in [6.45, 7) is -0.407. The van der Waals surface area contributed by atoms with Gasteiger partial charge in [-0.2, -0.15) is 0 Å². The largest absolute Gasteiger partial charge is 0.392 e. The highest BCUT2D eigenvalue weighted by molar-refractivity contribution is 5.81. The monoisotopic (exact) mass is 195 g/mol. The van der Waals surface area contributed by atoms with Crippen LogP contribution in [0.1, 0.15) is 6.23 Å². The van der Waals surface area contributed by atoms with Gasteiger partial charge < -0.3 is 15.9 Å². The van der Waals surface area contributed by atoms with Crippen molar-refractivity contribution in [2.75, 3.05) is 12.3 Å². The lowest BCUT2D eigenvalue weighted by Gasteiger charge is -2.08. The highest BCUT2D eigenvalue weighted by Gasteiger charge is 2.12. The number of imidazole rings is 1. The van der Waals surface area contributed by atoms with Gasteiger partial charge in [-0.3, -0.25) is 4.57 Å². The van der Waals surface area contributed by atoms with Gasteiger partial charge >= 0.3 is 0 Å². The van der Waals surface area contributed by atoms with E-state index in [0.717, 1.165) is 0 Å². The number of nitrogens with two attached hydrogens (primary N) is 1. The molecule has 0 aliphatic carbocycles. The molecule has 7 nitrogen and oxygen atoms in total. The van der Waals surface area contributed by atoms with Gasteiger partial charge in [0.2, 0.25) is 0 Å². The topological polar surface area (TPSA) is 110 Å². The van der Waals surface area contributed by atoms with E-state index in [0.29, 0.717) is 11.2 Å². The van der Waals surface area contributed by atoms with E-state index in [2.05, 4.69) is 15.0 Å². The van der Waals surface area contributed by atoms with E-state index < -0.39 is 12.8 Å². The molecule has 0 unspecified atom stereocenters. The Kier molecular flexibility index (Phi) is 2.02. The van der Waals surface area contributed by atoms with Crippen molar-refractivity contribution < 1.29 is 10.2 Å². The molecular weight excluding hydrogens is 186 g/mol. The predicted molar refractivity (Wildman–Crippen MR) is 48.1 cm³/mol. The van der Waals surface area contributed by atoms with Gasteiger partial charge in [0.1, 0.15) is 11.8 Å². The molecule has 1 atom stereocenters. The highest BCUT2D eigenvalue weighted by atomic mass is 16.3. The van der Waals surface area contributed by atoms with Crippen molar-refractivity contribution in [1.82, 2.24) is 19.5 Å². The standard InChI is InChI=1S/C7H9N5O2/c8-6-5-7(10-2-9-6)12(3-11-5)4(14)1-13/h2-4,13-14H,1H2,(H2,8,9,10)/t4-/m1/s1. The fraction of sp³-hybridized carbons (Fsp3) is 0.286. The van der Waals surface area contributed by atoms with E-state index in [4.69, 9.17) is 10.8 Å². The number of aromatic nitrogens is 4. The van der Waals surface area contributed by atoms with Crippen molar-refractivity contribution >= 4 is 17.0 Å². The Bertz CT molecular complexity index is 454. The average molecular weight is 195 g/mol. The van der Waals surface area contributed by atoms with Gasteiger partial charge in [-0.25, -0.2) is 15.0 Å². The van der Waals surface area contributed by atoms with Crippen LogP contribution in [0, 0.1) is 0 Å². The van der Waals surface area contributed by atoms with Gasteiger partial charge in [0.25, 0.3) is 0 Å². The Balaban J connectivity index is 2.63. The van der Waals surface area contributed by atoms with Crippen LogP contribution in [0.2, 0.25) is 0 Å². The predicted octanol–water partition coefficient (Wildman–Crippen LogP) is -1.11. The third kappa shape index (κ3) is 1.19. The summed E-state index contributed by atoms with van der Waals surface area (Å²) in [4.78, 5) is 11.6. The van der Waals surface area contributed by atoms with Gasteiger partial charge in [0.15, 0.2) is 17.7 Å². The molecule has 0 aliphatic heterocycles. The molecule has 0 fully saturated rings. The second-order valence-electron chi connectivity index (χ2n) is 2.75. The number of nitrogens with zero attached hydrogens (tertiary/aromatic N) is 4. The molecule has 4 N–H and O–H groups in total. The van der Waals surface area contributed by atoms with Gasteiger partial charge in [-0.15, -0.1) is 0 Å². The number of fused-ring (bicyclic) bond motifs is 1. The number of hydrogen-bond donors (Lipinski definition) is 3. The number of rotatable bonds is 2. The van der Waals surface area contributed by atoms with Crippen molar-refractivity contribution in [2.24, 2.45) is 0 Å². The first-order chi connectivity index (χ1) is 6.74. The molecule has 0 aliphatic rings. The Hall–Kier alpha value is -1.73. The molecule has 0 saturated carbocycles. The second-order valence-corrected chi connectivity index (χ2v) is 2.75. The van der Waals surface area contributed by atoms with Crippen molar-refractivity contribution in [3.05, 3.63) is 12.7 Å². The maximum atomic E-state index is 9.38. The van der Waals surface area contributed by atoms with Gasteiger partial charge in [0.05, 0.1) is 12.9 Å². The first kappa shape index (κ1) is 8.85. The number of nitrogen functional groups attached to an aromatic ring is 1. The summed E-state index contributed by atoms with van der Waals surface area (Å²) in [5, 5.41) is 18.1. The molecular formula is C7H9N5O2. The van der Waals surface area contributed by atoms with E-state index in [1.54, 1.807) is 0 Å². The molecule has 2 rings (SSSR count). The van der Waals surface area contributed by atoms with Crippen molar-refractivity contribution in [3.63, 3.8) is 0 Å². The first-order valence-electron chi connectivity index (χ1n) is 3.96. The Morgan fingerprint density at radius 2 is 2.21 bits per heavy atom. The van der Waals surface area contributed by atoms with Crippen molar-refractivity contribution in [3.8, 4) is 0 Å². The van der Waals surface area contributed by atoms with Crippen LogP contribution in [0.3, 0.4) is 0 Å². The maximum absolute atomic E-state index is 9.38. The summed E-state index contributed by atoms with van der Waals surface area (Å²) < 4.78 is 1.33. The van der Waals surface area contributed by atoms with E-state index in [1.165, 1.54) is 17.2 Å². The fourth-order valence-corrected chi connectivity index (χ4v) is 1.18. The molecule has 14 heavy (non-hydrogen) atoms. The summed E-state index contributed by atoms with van der Waals surface area (Å²) in [5.74, 6) is 0.249. The molecule has 0 bridgehead atoms. The summed E-state index contributed by atoms with van der Waals surface area (Å²) in [6, 6.07) is 0. The molecule has 2 aromatic rings. The molecule has 7 heteroatoms. The lowest BCUT2D eigenvalue weighted by atomic mass is 10.5. The quantitative estimate of drug-likeness (QED) is 0.560. The number of anilines is 1. The number of hydrogen-bond acceptors (Lipinski definition) is 6. The molecule has 2 aromatic heterocycles. The van der Waals surface area contributed by atoms with Crippen molar-refractivity contribution in [1.29, 1.82) is 0 Å². The molecule has 0 saturated heterocycles. The smallest absolute Gasteiger partial charge is 0.167 e. The van der Waals surface area contributed by atoms with Crippen LogP contribution >= 0.6 is 0 Å². The summed E-state index contributed by atoms with van der Waals surface area (Å²) >= 11 is 0. The van der Waals surface area contributed by atoms with E-state index in [-0.39, 0.29) is 5.82 Å². The Labute approximate surface area is 78.8 Å². The molecule has 0 amide bonds. The number of aliphatic hydroxyl groups is 2. The zero-order valence-electron chi connectivity index (χ0n) is 7.20. The third-order valence-electron chi connectivity index (χ3n) is 1.87. The van der Waals surface area contributed by atoms with Crippen LogP contribution in [-0.4, -0.2) is 36.3 Å². The molecule has 0 spiro atoms. The minimum atomic E-state index is -1.06. The molecule has 74 valence electrons.